The summed E-state index contributed by atoms with van der Waals surface area (Å²) in [5.74, 6) is -0.729. The number of aromatic nitrogens is 1. The van der Waals surface area contributed by atoms with Crippen LogP contribution >= 0.6 is 11.6 Å². The highest BCUT2D eigenvalue weighted by Gasteiger charge is 2.16. The molecule has 0 aliphatic heterocycles. The minimum absolute atomic E-state index is 0.267. The number of rotatable bonds is 4. The van der Waals surface area contributed by atoms with Gasteiger partial charge in [0.15, 0.2) is 6.10 Å². The van der Waals surface area contributed by atoms with Gasteiger partial charge in [0.05, 0.1) is 5.02 Å². The van der Waals surface area contributed by atoms with Crippen molar-refractivity contribution in [2.75, 3.05) is 0 Å². The molecule has 0 saturated heterocycles. The SMILES string of the molecule is CCC(Oc1ccc(Cl)cn1)C(=O)O. The highest BCUT2D eigenvalue weighted by molar-refractivity contribution is 6.30. The first-order valence-electron chi connectivity index (χ1n) is 4.14. The molecule has 0 aliphatic carbocycles. The molecular formula is C9H10ClNO3. The van der Waals surface area contributed by atoms with Gasteiger partial charge >= 0.3 is 5.97 Å². The Hall–Kier alpha value is -1.29. The molecule has 0 radical (unpaired) electrons. The predicted octanol–water partition coefficient (Wildman–Crippen LogP) is 1.98. The minimum Gasteiger partial charge on any atom is -0.479 e. The number of aliphatic carboxylic acids is 1. The molecular weight excluding hydrogens is 206 g/mol. The van der Waals surface area contributed by atoms with E-state index >= 15 is 0 Å². The number of carbonyl (C=O) groups is 1. The molecule has 1 aromatic rings. The second kappa shape index (κ2) is 4.81. The molecule has 1 unspecified atom stereocenters. The zero-order valence-electron chi connectivity index (χ0n) is 7.61. The van der Waals surface area contributed by atoms with Crippen molar-refractivity contribution in [3.05, 3.63) is 23.4 Å². The Kier molecular flexibility index (Phi) is 3.71. The molecule has 1 rings (SSSR count). The van der Waals surface area contributed by atoms with Gasteiger partial charge in [-0.05, 0) is 12.5 Å². The highest BCUT2D eigenvalue weighted by Crippen LogP contribution is 2.13. The summed E-state index contributed by atoms with van der Waals surface area (Å²) in [5.41, 5.74) is 0. The van der Waals surface area contributed by atoms with Gasteiger partial charge in [-0.25, -0.2) is 9.78 Å². The topological polar surface area (TPSA) is 59.4 Å². The lowest BCUT2D eigenvalue weighted by molar-refractivity contribution is -0.145. The second-order valence-corrected chi connectivity index (χ2v) is 3.10. The van der Waals surface area contributed by atoms with Crippen LogP contribution in [0.3, 0.4) is 0 Å². The molecule has 0 amide bonds. The average molecular weight is 216 g/mol. The lowest BCUT2D eigenvalue weighted by Gasteiger charge is -2.11. The van der Waals surface area contributed by atoms with Crippen LogP contribution in [0.1, 0.15) is 13.3 Å². The van der Waals surface area contributed by atoms with Gasteiger partial charge < -0.3 is 9.84 Å². The van der Waals surface area contributed by atoms with Crippen LogP contribution in [-0.4, -0.2) is 22.2 Å². The first-order chi connectivity index (χ1) is 6.63. The number of hydrogen-bond donors (Lipinski definition) is 1. The van der Waals surface area contributed by atoms with Crippen molar-refractivity contribution in [1.29, 1.82) is 0 Å². The molecule has 14 heavy (non-hydrogen) atoms. The number of ether oxygens (including phenoxy) is 1. The number of carboxylic acid groups (broad SMARTS) is 1. The van der Waals surface area contributed by atoms with Gasteiger partial charge in [-0.2, -0.15) is 0 Å². The maximum absolute atomic E-state index is 10.6. The number of nitrogens with zero attached hydrogens (tertiary/aromatic N) is 1. The van der Waals surface area contributed by atoms with E-state index in [1.54, 1.807) is 13.0 Å². The van der Waals surface area contributed by atoms with Gasteiger partial charge in [0.25, 0.3) is 0 Å². The van der Waals surface area contributed by atoms with Gasteiger partial charge in [0.2, 0.25) is 5.88 Å². The molecule has 0 saturated carbocycles. The highest BCUT2D eigenvalue weighted by atomic mass is 35.5. The van der Waals surface area contributed by atoms with Crippen molar-refractivity contribution in [2.24, 2.45) is 0 Å². The monoisotopic (exact) mass is 215 g/mol. The first kappa shape index (κ1) is 10.8. The van der Waals surface area contributed by atoms with Crippen LogP contribution in [0.4, 0.5) is 0 Å². The van der Waals surface area contributed by atoms with E-state index in [-0.39, 0.29) is 5.88 Å². The average Bonchev–Trinajstić information content (AvgIpc) is 2.16. The predicted molar refractivity (Wildman–Crippen MR) is 51.6 cm³/mol. The van der Waals surface area contributed by atoms with E-state index in [2.05, 4.69) is 4.98 Å². The number of hydrogen-bond acceptors (Lipinski definition) is 3. The minimum atomic E-state index is -0.996. The summed E-state index contributed by atoms with van der Waals surface area (Å²) in [6.45, 7) is 1.73. The van der Waals surface area contributed by atoms with Crippen molar-refractivity contribution < 1.29 is 14.6 Å². The summed E-state index contributed by atoms with van der Waals surface area (Å²) < 4.78 is 5.11. The van der Waals surface area contributed by atoms with Crippen molar-refractivity contribution >= 4 is 17.6 Å². The van der Waals surface area contributed by atoms with Gasteiger partial charge in [0.1, 0.15) is 0 Å². The van der Waals surface area contributed by atoms with Crippen molar-refractivity contribution in [1.82, 2.24) is 4.98 Å². The van der Waals surface area contributed by atoms with E-state index in [9.17, 15) is 4.79 Å². The Morgan fingerprint density at radius 3 is 2.86 bits per heavy atom. The Morgan fingerprint density at radius 1 is 1.71 bits per heavy atom. The van der Waals surface area contributed by atoms with Gasteiger partial charge in [-0.15, -0.1) is 0 Å². The van der Waals surface area contributed by atoms with Crippen LogP contribution in [0.25, 0.3) is 0 Å². The molecule has 5 heteroatoms. The normalized spacial score (nSPS) is 12.1. The molecule has 0 bridgehead atoms. The van der Waals surface area contributed by atoms with Crippen LogP contribution in [0.15, 0.2) is 18.3 Å². The van der Waals surface area contributed by atoms with Crippen molar-refractivity contribution in [3.63, 3.8) is 0 Å². The van der Waals surface area contributed by atoms with E-state index in [1.807, 2.05) is 0 Å². The van der Waals surface area contributed by atoms with Gasteiger partial charge in [-0.3, -0.25) is 0 Å². The molecule has 1 N–H and O–H groups in total. The largest absolute Gasteiger partial charge is 0.479 e. The summed E-state index contributed by atoms with van der Waals surface area (Å²) >= 11 is 5.61. The van der Waals surface area contributed by atoms with Crippen LogP contribution in [-0.2, 0) is 4.79 Å². The first-order valence-corrected chi connectivity index (χ1v) is 4.52. The summed E-state index contributed by atoms with van der Waals surface area (Å²) in [5, 5.41) is 9.20. The lowest BCUT2D eigenvalue weighted by Crippen LogP contribution is -2.26. The standard InChI is InChI=1S/C9H10ClNO3/c1-2-7(9(12)13)14-8-4-3-6(10)5-11-8/h3-5,7H,2H2,1H3,(H,12,13). The number of halogens is 1. The third-order valence-corrected chi connectivity index (χ3v) is 1.83. The Morgan fingerprint density at radius 2 is 2.43 bits per heavy atom. The molecule has 1 aromatic heterocycles. The number of carboxylic acids is 1. The third-order valence-electron chi connectivity index (χ3n) is 1.61. The van der Waals surface area contributed by atoms with Crippen molar-refractivity contribution in [2.45, 2.75) is 19.4 Å². The lowest BCUT2D eigenvalue weighted by atomic mass is 10.3. The van der Waals surface area contributed by atoms with Crippen LogP contribution in [0.2, 0.25) is 5.02 Å². The van der Waals surface area contributed by atoms with E-state index in [4.69, 9.17) is 21.4 Å². The van der Waals surface area contributed by atoms with Crippen LogP contribution < -0.4 is 4.74 Å². The maximum atomic E-state index is 10.6. The molecule has 1 atom stereocenters. The third kappa shape index (κ3) is 2.88. The maximum Gasteiger partial charge on any atom is 0.344 e. The fraction of sp³-hybridized carbons (Fsp3) is 0.333. The molecule has 1 heterocycles. The molecule has 0 spiro atoms. The molecule has 0 aromatic carbocycles. The second-order valence-electron chi connectivity index (χ2n) is 2.67. The van der Waals surface area contributed by atoms with Gasteiger partial charge in [0, 0.05) is 12.3 Å². The Balaban J connectivity index is 2.67. The Labute approximate surface area is 86.5 Å². The van der Waals surface area contributed by atoms with Crippen molar-refractivity contribution in [3.8, 4) is 5.88 Å². The van der Waals surface area contributed by atoms with Crippen LogP contribution in [0, 0.1) is 0 Å². The quantitative estimate of drug-likeness (QED) is 0.834. The van der Waals surface area contributed by atoms with E-state index in [0.29, 0.717) is 11.4 Å². The molecule has 0 aliphatic rings. The van der Waals surface area contributed by atoms with E-state index < -0.39 is 12.1 Å². The fourth-order valence-corrected chi connectivity index (χ4v) is 0.998. The van der Waals surface area contributed by atoms with Crippen LogP contribution in [0.5, 0.6) is 5.88 Å². The molecule has 76 valence electrons. The fourth-order valence-electron chi connectivity index (χ4n) is 0.886. The zero-order chi connectivity index (χ0) is 10.6. The summed E-state index contributed by atoms with van der Waals surface area (Å²) in [7, 11) is 0. The van der Waals surface area contributed by atoms with E-state index in [0.717, 1.165) is 0 Å². The Bertz CT molecular complexity index is 312. The van der Waals surface area contributed by atoms with Gasteiger partial charge in [-0.1, -0.05) is 18.5 Å². The zero-order valence-corrected chi connectivity index (χ0v) is 8.36. The smallest absolute Gasteiger partial charge is 0.344 e. The molecule has 0 fully saturated rings. The number of pyridine rings is 1. The molecule has 4 nitrogen and oxygen atoms in total. The summed E-state index contributed by atoms with van der Waals surface area (Å²) in [6.07, 6.45) is 0.939. The van der Waals surface area contributed by atoms with E-state index in [1.165, 1.54) is 12.3 Å². The summed E-state index contributed by atoms with van der Waals surface area (Å²) in [4.78, 5) is 14.5. The summed E-state index contributed by atoms with van der Waals surface area (Å²) in [6, 6.07) is 3.13.